The maximum atomic E-state index is 2.28. The van der Waals surface area contributed by atoms with Gasteiger partial charge in [-0.2, -0.15) is 0 Å². The third-order valence-electron chi connectivity index (χ3n) is 3.04. The van der Waals surface area contributed by atoms with Crippen LogP contribution in [0.4, 0.5) is 0 Å². The molecule has 0 aliphatic heterocycles. The topological polar surface area (TPSA) is 0 Å². The van der Waals surface area contributed by atoms with E-state index in [1.807, 2.05) is 0 Å². The summed E-state index contributed by atoms with van der Waals surface area (Å²) in [5.41, 5.74) is 6.11. The molecule has 0 fully saturated rings. The monoisotopic (exact) mass is 310 g/mol. The zero-order valence-corrected chi connectivity index (χ0v) is 9.56. The Hall–Kier alpha value is 0.999. The second-order valence-electron chi connectivity index (χ2n) is 3.34. The van der Waals surface area contributed by atoms with Crippen molar-refractivity contribution in [2.24, 2.45) is 5.92 Å². The molecule has 11 heavy (non-hydrogen) atoms. The molecule has 0 nitrogen and oxygen atoms in total. The second-order valence-corrected chi connectivity index (χ2v) is 3.34. The van der Waals surface area contributed by atoms with Crippen LogP contribution in [0, 0.1) is 52.8 Å². The molecule has 0 aromatic heterocycles. The molecule has 0 saturated carbocycles. The second kappa shape index (κ2) is 4.30. The zero-order chi connectivity index (χ0) is 7.89. The maximum absolute atomic E-state index is 2.28. The van der Waals surface area contributed by atoms with Crippen LogP contribution >= 0.6 is 0 Å². The fourth-order valence-corrected chi connectivity index (χ4v) is 1.57. The molecule has 0 amide bonds. The van der Waals surface area contributed by atoms with Crippen LogP contribution in [0.3, 0.4) is 0 Å². The van der Waals surface area contributed by atoms with Crippen molar-refractivity contribution >= 4 is 0 Å². The van der Waals surface area contributed by atoms with Gasteiger partial charge in [0.2, 0.25) is 0 Å². The van der Waals surface area contributed by atoms with Gasteiger partial charge in [-0.15, -0.1) is 0 Å². The minimum absolute atomic E-state index is 0. The maximum Gasteiger partial charge on any atom is 0 e. The Labute approximate surface area is 108 Å². The molecule has 0 spiro atoms. The van der Waals surface area contributed by atoms with Crippen LogP contribution < -0.4 is 0 Å². The van der Waals surface area contributed by atoms with E-state index in [1.54, 1.807) is 11.1 Å². The molecule has 0 aromatic rings. The summed E-state index contributed by atoms with van der Waals surface area (Å²) in [4.78, 5) is 0. The summed E-state index contributed by atoms with van der Waals surface area (Å²) in [5.74, 6) is 0.694. The largest absolute Gasteiger partial charge is 0.0632 e. The van der Waals surface area contributed by atoms with E-state index in [0.29, 0.717) is 5.92 Å². The van der Waals surface area contributed by atoms with Crippen LogP contribution in [0.15, 0.2) is 22.3 Å². The van der Waals surface area contributed by atoms with Crippen LogP contribution in [0.5, 0.6) is 0 Å². The molecule has 0 bridgehead atoms. The van der Waals surface area contributed by atoms with Crippen molar-refractivity contribution in [1.82, 2.24) is 0 Å². The third kappa shape index (κ3) is 2.02. The van der Waals surface area contributed by atoms with Crippen molar-refractivity contribution in [2.45, 2.75) is 34.6 Å². The van der Waals surface area contributed by atoms with Gasteiger partial charge in [-0.25, -0.2) is 0 Å². The molecule has 0 atom stereocenters. The van der Waals surface area contributed by atoms with E-state index < -0.39 is 0 Å². The average molecular weight is 309 g/mol. The van der Waals surface area contributed by atoms with E-state index in [4.69, 9.17) is 0 Å². The molecule has 0 heterocycles. The van der Waals surface area contributed by atoms with Gasteiger partial charge in [-0.3, -0.25) is 0 Å². The smallest absolute Gasteiger partial charge is 0 e. The predicted molar refractivity (Wildman–Crippen MR) is 45.9 cm³/mol. The molecule has 0 saturated heterocycles. The summed E-state index contributed by atoms with van der Waals surface area (Å²) < 4.78 is 0. The first-order valence-corrected chi connectivity index (χ1v) is 3.90. The van der Waals surface area contributed by atoms with E-state index in [2.05, 4.69) is 34.6 Å². The first kappa shape index (κ1) is 12.0. The van der Waals surface area contributed by atoms with Crippen molar-refractivity contribution in [3.8, 4) is 0 Å². The van der Waals surface area contributed by atoms with Crippen LogP contribution in [0.2, 0.25) is 0 Å². The zero-order valence-electron chi connectivity index (χ0n) is 7.84. The number of rotatable bonds is 0. The predicted octanol–water partition coefficient (Wildman–Crippen LogP) is 3.31. The first-order valence-electron chi connectivity index (χ1n) is 3.90. The summed E-state index contributed by atoms with van der Waals surface area (Å²) in [6, 6.07) is 0. The Morgan fingerprint density at radius 2 is 1.09 bits per heavy atom. The third-order valence-corrected chi connectivity index (χ3v) is 3.04. The van der Waals surface area contributed by atoms with E-state index in [1.165, 1.54) is 11.1 Å². The Kier molecular flexibility index (Phi) is 4.69. The molecular weight excluding hydrogens is 293 g/mol. The van der Waals surface area contributed by atoms with Gasteiger partial charge in [0.15, 0.2) is 0 Å². The number of hydrogen-bond acceptors (Lipinski definition) is 0. The Morgan fingerprint density at radius 1 is 0.818 bits per heavy atom. The van der Waals surface area contributed by atoms with Gasteiger partial charge >= 0.3 is 0 Å². The van der Waals surface area contributed by atoms with Crippen molar-refractivity contribution in [3.63, 3.8) is 0 Å². The molecule has 0 radical (unpaired) electrons. The molecule has 1 aliphatic rings. The van der Waals surface area contributed by atoms with Gasteiger partial charge < -0.3 is 0 Å². The first-order chi connectivity index (χ1) is 4.55. The summed E-state index contributed by atoms with van der Waals surface area (Å²) in [6.45, 7) is 11.2. The molecular formula is C10H16Yb. The normalized spacial score (nSPS) is 19.4. The summed E-state index contributed by atoms with van der Waals surface area (Å²) >= 11 is 0. The van der Waals surface area contributed by atoms with E-state index in [9.17, 15) is 0 Å². The molecule has 1 aliphatic carbocycles. The molecule has 1 heteroatoms. The van der Waals surface area contributed by atoms with Crippen LogP contribution in [-0.4, -0.2) is 0 Å². The van der Waals surface area contributed by atoms with Gasteiger partial charge in [0, 0.05) is 46.9 Å². The molecule has 1 rings (SSSR count). The Morgan fingerprint density at radius 3 is 1.18 bits per heavy atom. The van der Waals surface area contributed by atoms with Gasteiger partial charge in [-0.1, -0.05) is 18.1 Å². The molecule has 0 aromatic carbocycles. The number of hydrogen-bond donors (Lipinski definition) is 0. The van der Waals surface area contributed by atoms with Crippen molar-refractivity contribution in [3.05, 3.63) is 22.3 Å². The van der Waals surface area contributed by atoms with Crippen molar-refractivity contribution < 1.29 is 46.9 Å². The van der Waals surface area contributed by atoms with Gasteiger partial charge in [0.1, 0.15) is 0 Å². The Balaban J connectivity index is 0.000001000. The fourth-order valence-electron chi connectivity index (χ4n) is 1.57. The standard InChI is InChI=1S/C10H16.Yb/c1-6-7(2)9(4)10(5)8(6)3;/h6H,1-5H3;. The Bertz CT molecular complexity index is 197. The van der Waals surface area contributed by atoms with Crippen LogP contribution in [-0.2, 0) is 0 Å². The molecule has 70 valence electrons. The van der Waals surface area contributed by atoms with E-state index >= 15 is 0 Å². The summed E-state index contributed by atoms with van der Waals surface area (Å²) in [6.07, 6.45) is 0. The molecule has 0 N–H and O–H groups in total. The van der Waals surface area contributed by atoms with E-state index in [-0.39, 0.29) is 46.9 Å². The average Bonchev–Trinajstić information content (AvgIpc) is 2.07. The summed E-state index contributed by atoms with van der Waals surface area (Å²) in [5, 5.41) is 0. The van der Waals surface area contributed by atoms with Crippen molar-refractivity contribution in [1.29, 1.82) is 0 Å². The number of allylic oxidation sites excluding steroid dienone is 4. The summed E-state index contributed by atoms with van der Waals surface area (Å²) in [7, 11) is 0. The minimum atomic E-state index is 0. The minimum Gasteiger partial charge on any atom is -0.0632 e. The van der Waals surface area contributed by atoms with Gasteiger partial charge in [0.25, 0.3) is 0 Å². The van der Waals surface area contributed by atoms with Crippen LogP contribution in [0.1, 0.15) is 34.6 Å². The molecule has 0 unspecified atom stereocenters. The van der Waals surface area contributed by atoms with E-state index in [0.717, 1.165) is 0 Å². The SMILES string of the molecule is CC1=C(C)C(C)C(C)=C1C.[Yb]. The fraction of sp³-hybridized carbons (Fsp3) is 0.600. The van der Waals surface area contributed by atoms with Gasteiger partial charge in [-0.05, 0) is 44.8 Å². The van der Waals surface area contributed by atoms with Crippen LogP contribution in [0.25, 0.3) is 0 Å². The van der Waals surface area contributed by atoms with Crippen molar-refractivity contribution in [2.75, 3.05) is 0 Å². The van der Waals surface area contributed by atoms with Gasteiger partial charge in [0.05, 0.1) is 0 Å². The quantitative estimate of drug-likeness (QED) is 0.644.